The first-order chi connectivity index (χ1) is 16.0. The highest BCUT2D eigenvalue weighted by molar-refractivity contribution is 7.99. The van der Waals surface area contributed by atoms with Gasteiger partial charge in [-0.25, -0.2) is 9.37 Å². The predicted molar refractivity (Wildman–Crippen MR) is 130 cm³/mol. The smallest absolute Gasteiger partial charge is 0.266 e. The van der Waals surface area contributed by atoms with E-state index in [1.807, 2.05) is 36.4 Å². The molecule has 0 aliphatic carbocycles. The molecule has 0 atom stereocenters. The summed E-state index contributed by atoms with van der Waals surface area (Å²) in [6, 6.07) is 21.3. The summed E-state index contributed by atoms with van der Waals surface area (Å²) in [4.78, 5) is 32.3. The molecule has 0 bridgehead atoms. The quantitative estimate of drug-likeness (QED) is 0.292. The molecule has 0 N–H and O–H groups in total. The minimum atomic E-state index is -0.342. The molecule has 3 aromatic carbocycles. The van der Waals surface area contributed by atoms with Crippen molar-refractivity contribution in [1.82, 2.24) is 14.5 Å². The van der Waals surface area contributed by atoms with Gasteiger partial charge in [0.05, 0.1) is 22.3 Å². The largest absolute Gasteiger partial charge is 0.341 e. The second-order valence-electron chi connectivity index (χ2n) is 7.70. The maximum Gasteiger partial charge on any atom is 0.266 e. The van der Waals surface area contributed by atoms with Crippen LogP contribution >= 0.6 is 11.8 Å². The molecule has 1 amide bonds. The van der Waals surface area contributed by atoms with Crippen LogP contribution in [0.4, 0.5) is 4.39 Å². The zero-order valence-electron chi connectivity index (χ0n) is 18.5. The lowest BCUT2D eigenvalue weighted by molar-refractivity contribution is -0.127. The lowest BCUT2D eigenvalue weighted by Gasteiger charge is -2.18. The summed E-state index contributed by atoms with van der Waals surface area (Å²) < 4.78 is 15.5. The number of aromatic nitrogens is 2. The second kappa shape index (κ2) is 10.0. The SMILES string of the molecule is CCc1ccc(-n2c(SCC(=O)N(C)Cc3ccccc3F)nc3ccccc3c2=O)cc1. The molecule has 1 heterocycles. The van der Waals surface area contributed by atoms with E-state index >= 15 is 0 Å². The van der Waals surface area contributed by atoms with E-state index in [2.05, 4.69) is 11.9 Å². The molecular weight excluding hydrogens is 437 g/mol. The van der Waals surface area contributed by atoms with Gasteiger partial charge < -0.3 is 4.90 Å². The van der Waals surface area contributed by atoms with Crippen LogP contribution in [-0.2, 0) is 17.8 Å². The number of aryl methyl sites for hydroxylation is 1. The Kier molecular flexibility index (Phi) is 6.89. The summed E-state index contributed by atoms with van der Waals surface area (Å²) in [6.45, 7) is 2.24. The predicted octanol–water partition coefficient (Wildman–Crippen LogP) is 4.84. The molecular formula is C26H24FN3O2S. The molecule has 0 radical (unpaired) electrons. The zero-order chi connectivity index (χ0) is 23.4. The Morgan fingerprint density at radius 3 is 2.45 bits per heavy atom. The van der Waals surface area contributed by atoms with Gasteiger partial charge in [0.15, 0.2) is 5.16 Å². The van der Waals surface area contributed by atoms with Crippen molar-refractivity contribution in [3.8, 4) is 5.69 Å². The number of hydrogen-bond donors (Lipinski definition) is 0. The van der Waals surface area contributed by atoms with E-state index in [4.69, 9.17) is 0 Å². The fraction of sp³-hybridized carbons (Fsp3) is 0.192. The molecule has 7 heteroatoms. The molecule has 4 aromatic rings. The van der Waals surface area contributed by atoms with Crippen molar-refractivity contribution in [3.63, 3.8) is 0 Å². The summed E-state index contributed by atoms with van der Waals surface area (Å²) >= 11 is 1.20. The van der Waals surface area contributed by atoms with Crippen LogP contribution in [0, 0.1) is 5.82 Å². The number of benzene rings is 3. The molecule has 33 heavy (non-hydrogen) atoms. The number of amides is 1. The number of fused-ring (bicyclic) bond motifs is 1. The molecule has 0 aliphatic rings. The van der Waals surface area contributed by atoms with Crippen molar-refractivity contribution in [2.24, 2.45) is 0 Å². The molecule has 1 aromatic heterocycles. The van der Waals surface area contributed by atoms with Crippen molar-refractivity contribution in [3.05, 3.63) is 100 Å². The summed E-state index contributed by atoms with van der Waals surface area (Å²) in [5.74, 6) is -0.452. The van der Waals surface area contributed by atoms with Crippen LogP contribution in [-0.4, -0.2) is 33.2 Å². The Balaban J connectivity index is 1.63. The lowest BCUT2D eigenvalue weighted by Crippen LogP contribution is -2.29. The van der Waals surface area contributed by atoms with Gasteiger partial charge in [0.2, 0.25) is 5.91 Å². The minimum Gasteiger partial charge on any atom is -0.341 e. The van der Waals surface area contributed by atoms with Gasteiger partial charge in [-0.15, -0.1) is 0 Å². The molecule has 0 saturated carbocycles. The van der Waals surface area contributed by atoms with E-state index in [-0.39, 0.29) is 29.6 Å². The van der Waals surface area contributed by atoms with Crippen LogP contribution in [0.2, 0.25) is 0 Å². The van der Waals surface area contributed by atoms with E-state index in [9.17, 15) is 14.0 Å². The van der Waals surface area contributed by atoms with Gasteiger partial charge in [0.1, 0.15) is 5.82 Å². The Labute approximate surface area is 195 Å². The second-order valence-corrected chi connectivity index (χ2v) is 8.64. The summed E-state index contributed by atoms with van der Waals surface area (Å²) in [5.41, 5.74) is 2.72. The van der Waals surface area contributed by atoms with Crippen molar-refractivity contribution in [2.75, 3.05) is 12.8 Å². The van der Waals surface area contributed by atoms with Gasteiger partial charge in [0.25, 0.3) is 5.56 Å². The van der Waals surface area contributed by atoms with E-state index < -0.39 is 0 Å². The average molecular weight is 462 g/mol. The molecule has 5 nitrogen and oxygen atoms in total. The number of rotatable bonds is 7. The average Bonchev–Trinajstić information content (AvgIpc) is 2.84. The zero-order valence-corrected chi connectivity index (χ0v) is 19.3. The maximum atomic E-state index is 14.0. The van der Waals surface area contributed by atoms with Crippen LogP contribution in [0.3, 0.4) is 0 Å². The first-order valence-electron chi connectivity index (χ1n) is 10.7. The van der Waals surface area contributed by atoms with Crippen molar-refractivity contribution in [1.29, 1.82) is 0 Å². The first kappa shape index (κ1) is 22.7. The van der Waals surface area contributed by atoms with E-state index in [1.165, 1.54) is 28.3 Å². The molecule has 0 aliphatic heterocycles. The van der Waals surface area contributed by atoms with E-state index in [0.29, 0.717) is 27.3 Å². The number of thioether (sulfide) groups is 1. The Bertz CT molecular complexity index is 1350. The van der Waals surface area contributed by atoms with Crippen molar-refractivity contribution < 1.29 is 9.18 Å². The highest BCUT2D eigenvalue weighted by atomic mass is 32.2. The summed E-state index contributed by atoms with van der Waals surface area (Å²) in [6.07, 6.45) is 0.898. The third kappa shape index (κ3) is 4.98. The van der Waals surface area contributed by atoms with E-state index in [0.717, 1.165) is 6.42 Å². The monoisotopic (exact) mass is 461 g/mol. The summed E-state index contributed by atoms with van der Waals surface area (Å²) in [5, 5.41) is 0.958. The van der Waals surface area contributed by atoms with Crippen LogP contribution < -0.4 is 5.56 Å². The fourth-order valence-electron chi connectivity index (χ4n) is 3.52. The van der Waals surface area contributed by atoms with Gasteiger partial charge in [-0.3, -0.25) is 14.2 Å². The summed E-state index contributed by atoms with van der Waals surface area (Å²) in [7, 11) is 1.64. The Morgan fingerprint density at radius 1 is 1.03 bits per heavy atom. The number of carbonyl (C=O) groups is 1. The van der Waals surface area contributed by atoms with Gasteiger partial charge in [-0.05, 0) is 42.3 Å². The normalized spacial score (nSPS) is 11.0. The maximum absolute atomic E-state index is 14.0. The molecule has 0 saturated heterocycles. The molecule has 0 spiro atoms. The van der Waals surface area contributed by atoms with Gasteiger partial charge in [-0.1, -0.05) is 61.2 Å². The van der Waals surface area contributed by atoms with Crippen LogP contribution in [0.15, 0.2) is 82.7 Å². The fourth-order valence-corrected chi connectivity index (χ4v) is 4.48. The highest BCUT2D eigenvalue weighted by Gasteiger charge is 2.17. The minimum absolute atomic E-state index is 0.0722. The van der Waals surface area contributed by atoms with Crippen LogP contribution in [0.1, 0.15) is 18.1 Å². The standard InChI is InChI=1S/C26H24FN3O2S/c1-3-18-12-14-20(15-13-18)30-25(32)21-9-5-7-11-23(21)28-26(30)33-17-24(31)29(2)16-19-8-4-6-10-22(19)27/h4-15H,3,16-17H2,1-2H3. The number of halogens is 1. The van der Waals surface area contributed by atoms with E-state index in [1.54, 1.807) is 41.9 Å². The van der Waals surface area contributed by atoms with Crippen molar-refractivity contribution in [2.45, 2.75) is 25.0 Å². The lowest BCUT2D eigenvalue weighted by atomic mass is 10.1. The number of carbonyl (C=O) groups excluding carboxylic acids is 1. The van der Waals surface area contributed by atoms with Gasteiger partial charge >= 0.3 is 0 Å². The van der Waals surface area contributed by atoms with Crippen molar-refractivity contribution >= 4 is 28.6 Å². The Hall–Kier alpha value is -3.45. The number of hydrogen-bond acceptors (Lipinski definition) is 4. The topological polar surface area (TPSA) is 55.2 Å². The molecule has 0 fully saturated rings. The third-order valence-electron chi connectivity index (χ3n) is 5.46. The number of para-hydroxylation sites is 1. The molecule has 168 valence electrons. The third-order valence-corrected chi connectivity index (χ3v) is 6.39. The van der Waals surface area contributed by atoms with Gasteiger partial charge in [-0.2, -0.15) is 0 Å². The van der Waals surface area contributed by atoms with Crippen LogP contribution in [0.25, 0.3) is 16.6 Å². The van der Waals surface area contributed by atoms with Crippen LogP contribution in [0.5, 0.6) is 0 Å². The van der Waals surface area contributed by atoms with Gasteiger partial charge in [0, 0.05) is 19.2 Å². The highest BCUT2D eigenvalue weighted by Crippen LogP contribution is 2.22. The molecule has 0 unspecified atom stereocenters. The Morgan fingerprint density at radius 2 is 1.73 bits per heavy atom. The molecule has 4 rings (SSSR count). The first-order valence-corrected chi connectivity index (χ1v) is 11.7. The number of nitrogens with zero attached hydrogens (tertiary/aromatic N) is 3.